The Balaban J connectivity index is 1.46. The molecule has 0 amide bonds. The van der Waals surface area contributed by atoms with Crippen molar-refractivity contribution < 1.29 is 27.5 Å². The lowest BCUT2D eigenvalue weighted by Crippen LogP contribution is -2.32. The van der Waals surface area contributed by atoms with Gasteiger partial charge in [0.2, 0.25) is 10.0 Å². The van der Waals surface area contributed by atoms with Crippen LogP contribution in [0.5, 0.6) is 5.75 Å². The summed E-state index contributed by atoms with van der Waals surface area (Å²) < 4.78 is 38.3. The van der Waals surface area contributed by atoms with Crippen LogP contribution in [0.15, 0.2) is 77.7 Å². The minimum absolute atomic E-state index is 0.0000210. The Labute approximate surface area is 211 Å². The first-order chi connectivity index (χ1) is 17.4. The summed E-state index contributed by atoms with van der Waals surface area (Å²) >= 11 is 0. The molecule has 1 aliphatic rings. The third kappa shape index (κ3) is 5.83. The number of carbonyl (C=O) groups is 2. The number of esters is 1. The van der Waals surface area contributed by atoms with Crippen molar-refractivity contribution in [2.45, 2.75) is 30.6 Å². The van der Waals surface area contributed by atoms with Gasteiger partial charge in [0.15, 0.2) is 12.4 Å². The fourth-order valence-corrected chi connectivity index (χ4v) is 5.75. The minimum atomic E-state index is -3.76. The maximum atomic E-state index is 13.2. The smallest absolute Gasteiger partial charge is 0.342 e. The number of benzene rings is 3. The van der Waals surface area contributed by atoms with Crippen LogP contribution in [0.4, 0.5) is 0 Å². The summed E-state index contributed by atoms with van der Waals surface area (Å²) in [7, 11) is -2.38. The predicted molar refractivity (Wildman–Crippen MR) is 137 cm³/mol. The van der Waals surface area contributed by atoms with Gasteiger partial charge in [0.25, 0.3) is 0 Å². The SMILES string of the molecule is COc1ccc(S(=O)(=O)N2CCCCCC2)cc1C(=O)OCC(=O)c1ccc(-c2ccccc2)cc1. The van der Waals surface area contributed by atoms with E-state index in [1.54, 1.807) is 12.1 Å². The summed E-state index contributed by atoms with van der Waals surface area (Å²) in [6.07, 6.45) is 3.60. The molecule has 8 heteroatoms. The normalized spacial score (nSPS) is 14.6. The van der Waals surface area contributed by atoms with E-state index in [1.165, 1.54) is 29.6 Å². The highest BCUT2D eigenvalue weighted by molar-refractivity contribution is 7.89. The summed E-state index contributed by atoms with van der Waals surface area (Å²) in [5.74, 6) is -1.02. The molecule has 1 aliphatic heterocycles. The molecule has 0 atom stereocenters. The summed E-state index contributed by atoms with van der Waals surface area (Å²) in [5.41, 5.74) is 2.37. The van der Waals surface area contributed by atoms with Crippen LogP contribution >= 0.6 is 0 Å². The van der Waals surface area contributed by atoms with Crippen LogP contribution in [-0.4, -0.2) is 51.3 Å². The highest BCUT2D eigenvalue weighted by atomic mass is 32.2. The highest BCUT2D eigenvalue weighted by Gasteiger charge is 2.27. The van der Waals surface area contributed by atoms with Crippen molar-refractivity contribution in [3.8, 4) is 16.9 Å². The number of methoxy groups -OCH3 is 1. The maximum absolute atomic E-state index is 13.2. The molecule has 3 aromatic carbocycles. The largest absolute Gasteiger partial charge is 0.496 e. The van der Waals surface area contributed by atoms with E-state index in [-0.39, 0.29) is 22.0 Å². The maximum Gasteiger partial charge on any atom is 0.342 e. The molecule has 0 aromatic heterocycles. The Kier molecular flexibility index (Phi) is 8.18. The number of ketones is 1. The average molecular weight is 508 g/mol. The zero-order valence-corrected chi connectivity index (χ0v) is 21.0. The van der Waals surface area contributed by atoms with Crippen LogP contribution in [0.25, 0.3) is 11.1 Å². The average Bonchev–Trinajstić information content (AvgIpc) is 3.22. The lowest BCUT2D eigenvalue weighted by Gasteiger charge is -2.20. The minimum Gasteiger partial charge on any atom is -0.496 e. The molecule has 0 saturated carbocycles. The van der Waals surface area contributed by atoms with Gasteiger partial charge in [0, 0.05) is 18.7 Å². The van der Waals surface area contributed by atoms with E-state index in [2.05, 4.69) is 0 Å². The Morgan fingerprint density at radius 3 is 2.11 bits per heavy atom. The van der Waals surface area contributed by atoms with Gasteiger partial charge >= 0.3 is 5.97 Å². The number of ether oxygens (including phenoxy) is 2. The van der Waals surface area contributed by atoms with Gasteiger partial charge in [-0.05, 0) is 42.2 Å². The van der Waals surface area contributed by atoms with Gasteiger partial charge in [-0.2, -0.15) is 4.31 Å². The van der Waals surface area contributed by atoms with Gasteiger partial charge in [0.05, 0.1) is 12.0 Å². The quantitative estimate of drug-likeness (QED) is 0.316. The molecule has 0 N–H and O–H groups in total. The fourth-order valence-electron chi connectivity index (χ4n) is 4.21. The first-order valence-corrected chi connectivity index (χ1v) is 13.4. The Morgan fingerprint density at radius 2 is 1.47 bits per heavy atom. The van der Waals surface area contributed by atoms with Crippen LogP contribution in [0.3, 0.4) is 0 Å². The zero-order chi connectivity index (χ0) is 25.5. The molecule has 0 bridgehead atoms. The summed E-state index contributed by atoms with van der Waals surface area (Å²) in [4.78, 5) is 25.5. The third-order valence-electron chi connectivity index (χ3n) is 6.24. The number of Topliss-reactive ketones (excluding diaryl/α,β-unsaturated/α-hetero) is 1. The third-order valence-corrected chi connectivity index (χ3v) is 8.14. The number of nitrogens with zero attached hydrogens (tertiary/aromatic N) is 1. The number of rotatable bonds is 8. The van der Waals surface area contributed by atoms with E-state index in [4.69, 9.17) is 9.47 Å². The number of hydrogen-bond donors (Lipinski definition) is 0. The van der Waals surface area contributed by atoms with Crippen LogP contribution in [0, 0.1) is 0 Å². The Morgan fingerprint density at radius 1 is 0.833 bits per heavy atom. The lowest BCUT2D eigenvalue weighted by molar-refractivity contribution is 0.0471. The number of carbonyl (C=O) groups excluding carboxylic acids is 2. The van der Waals surface area contributed by atoms with Crippen molar-refractivity contribution in [3.05, 3.63) is 83.9 Å². The summed E-state index contributed by atoms with van der Waals surface area (Å²) in [6.45, 7) is 0.424. The van der Waals surface area contributed by atoms with Crippen molar-refractivity contribution in [2.24, 2.45) is 0 Å². The van der Waals surface area contributed by atoms with E-state index in [0.717, 1.165) is 36.8 Å². The molecule has 1 heterocycles. The van der Waals surface area contributed by atoms with Crippen LogP contribution in [-0.2, 0) is 14.8 Å². The van der Waals surface area contributed by atoms with Gasteiger partial charge in [-0.3, -0.25) is 4.79 Å². The van der Waals surface area contributed by atoms with E-state index >= 15 is 0 Å². The zero-order valence-electron chi connectivity index (χ0n) is 20.2. The summed E-state index contributed by atoms with van der Waals surface area (Å²) in [6, 6.07) is 21.0. The molecule has 36 heavy (non-hydrogen) atoms. The lowest BCUT2D eigenvalue weighted by atomic mass is 10.0. The number of hydrogen-bond acceptors (Lipinski definition) is 6. The van der Waals surface area contributed by atoms with Crippen LogP contribution in [0.2, 0.25) is 0 Å². The number of sulfonamides is 1. The molecular weight excluding hydrogens is 478 g/mol. The molecule has 1 saturated heterocycles. The van der Waals surface area contributed by atoms with Gasteiger partial charge in [-0.25, -0.2) is 13.2 Å². The molecular formula is C28H29NO6S. The molecule has 0 unspecified atom stereocenters. The van der Waals surface area contributed by atoms with Crippen molar-refractivity contribution >= 4 is 21.8 Å². The molecule has 0 aliphatic carbocycles. The molecule has 188 valence electrons. The second-order valence-corrected chi connectivity index (χ2v) is 10.6. The summed E-state index contributed by atoms with van der Waals surface area (Å²) in [5, 5.41) is 0. The molecule has 3 aromatic rings. The van der Waals surface area contributed by atoms with E-state index in [9.17, 15) is 18.0 Å². The van der Waals surface area contributed by atoms with E-state index in [1.807, 2.05) is 42.5 Å². The fraction of sp³-hybridized carbons (Fsp3) is 0.286. The van der Waals surface area contributed by atoms with Crippen molar-refractivity contribution in [2.75, 3.05) is 26.8 Å². The molecule has 1 fully saturated rings. The monoisotopic (exact) mass is 507 g/mol. The molecule has 0 radical (unpaired) electrons. The van der Waals surface area contributed by atoms with E-state index < -0.39 is 22.6 Å². The molecule has 4 rings (SSSR count). The molecule has 7 nitrogen and oxygen atoms in total. The Hall–Kier alpha value is -3.49. The van der Waals surface area contributed by atoms with Gasteiger partial charge in [0.1, 0.15) is 11.3 Å². The molecule has 0 spiro atoms. The first kappa shape index (κ1) is 25.6. The first-order valence-electron chi connectivity index (χ1n) is 11.9. The van der Waals surface area contributed by atoms with Gasteiger partial charge in [-0.15, -0.1) is 0 Å². The van der Waals surface area contributed by atoms with Crippen LogP contribution in [0.1, 0.15) is 46.4 Å². The standard InChI is InChI=1S/C28H29NO6S/c1-34-27-16-15-24(36(32,33)29-17-7-2-3-8-18-29)19-25(27)28(31)35-20-26(30)23-13-11-22(12-14-23)21-9-5-4-6-10-21/h4-6,9-16,19H,2-3,7-8,17-18,20H2,1H3. The van der Waals surface area contributed by atoms with Crippen LogP contribution < -0.4 is 4.74 Å². The predicted octanol–water partition coefficient (Wildman–Crippen LogP) is 4.97. The van der Waals surface area contributed by atoms with Crippen molar-refractivity contribution in [3.63, 3.8) is 0 Å². The van der Waals surface area contributed by atoms with Crippen molar-refractivity contribution in [1.82, 2.24) is 4.31 Å². The highest BCUT2D eigenvalue weighted by Crippen LogP contribution is 2.27. The second kappa shape index (κ2) is 11.5. The van der Waals surface area contributed by atoms with Gasteiger partial charge in [-0.1, -0.05) is 67.4 Å². The van der Waals surface area contributed by atoms with E-state index in [0.29, 0.717) is 18.7 Å². The topological polar surface area (TPSA) is 90.0 Å². The second-order valence-electron chi connectivity index (χ2n) is 8.62. The Bertz CT molecular complexity index is 1310. The van der Waals surface area contributed by atoms with Gasteiger partial charge < -0.3 is 9.47 Å². The van der Waals surface area contributed by atoms with Crippen molar-refractivity contribution in [1.29, 1.82) is 0 Å².